The van der Waals surface area contributed by atoms with Crippen LogP contribution in [0.3, 0.4) is 0 Å². The number of rotatable bonds is 10. The Labute approximate surface area is 99.6 Å². The predicted octanol–water partition coefficient (Wildman–Crippen LogP) is 3.58. The minimum atomic E-state index is -0.255. The zero-order valence-corrected chi connectivity index (χ0v) is 10.7. The fraction of sp³-hybridized carbons (Fsp3) is 0.923. The number of oxime groups is 1. The number of aliphatic hydroxyl groups excluding tert-OH is 1. The summed E-state index contributed by atoms with van der Waals surface area (Å²) in [5, 5.41) is 20.9. The van der Waals surface area contributed by atoms with Crippen LogP contribution in [0, 0.1) is 5.92 Å². The van der Waals surface area contributed by atoms with Crippen LogP contribution in [-0.2, 0) is 0 Å². The molecule has 3 nitrogen and oxygen atoms in total. The van der Waals surface area contributed by atoms with Gasteiger partial charge < -0.3 is 10.3 Å². The van der Waals surface area contributed by atoms with Crippen LogP contribution in [0.15, 0.2) is 5.16 Å². The van der Waals surface area contributed by atoms with E-state index < -0.39 is 0 Å². The molecule has 2 unspecified atom stereocenters. The molecule has 2 N–H and O–H groups in total. The summed E-state index contributed by atoms with van der Waals surface area (Å²) in [4.78, 5) is 0. The lowest BCUT2D eigenvalue weighted by Gasteiger charge is -2.12. The maximum absolute atomic E-state index is 9.20. The van der Waals surface area contributed by atoms with Gasteiger partial charge in [-0.2, -0.15) is 0 Å². The standard InChI is InChI=1S/C13H27NO2/c1-3-4-5-6-7-8-13(11-14-16)10-9-12(2)15/h11-13,15-16H,3-10H2,1-2H3. The fourth-order valence-electron chi connectivity index (χ4n) is 1.85. The summed E-state index contributed by atoms with van der Waals surface area (Å²) in [7, 11) is 0. The topological polar surface area (TPSA) is 52.8 Å². The van der Waals surface area contributed by atoms with Gasteiger partial charge in [0.1, 0.15) is 0 Å². The monoisotopic (exact) mass is 229 g/mol. The molecule has 0 radical (unpaired) electrons. The minimum absolute atomic E-state index is 0.255. The molecule has 2 atom stereocenters. The van der Waals surface area contributed by atoms with E-state index in [2.05, 4.69) is 12.1 Å². The van der Waals surface area contributed by atoms with Gasteiger partial charge in [-0.05, 0) is 32.1 Å². The first-order valence-electron chi connectivity index (χ1n) is 6.56. The zero-order valence-electron chi connectivity index (χ0n) is 10.7. The minimum Gasteiger partial charge on any atom is -0.411 e. The van der Waals surface area contributed by atoms with E-state index in [0.29, 0.717) is 5.92 Å². The van der Waals surface area contributed by atoms with Crippen LogP contribution in [-0.4, -0.2) is 22.6 Å². The third-order valence-corrected chi connectivity index (χ3v) is 2.91. The van der Waals surface area contributed by atoms with Gasteiger partial charge in [-0.15, -0.1) is 5.16 Å². The van der Waals surface area contributed by atoms with Gasteiger partial charge in [0.25, 0.3) is 0 Å². The van der Waals surface area contributed by atoms with Crippen molar-refractivity contribution in [2.75, 3.05) is 0 Å². The molecule has 0 saturated heterocycles. The molecule has 0 saturated carbocycles. The molecule has 0 fully saturated rings. The Morgan fingerprint density at radius 3 is 2.31 bits per heavy atom. The predicted molar refractivity (Wildman–Crippen MR) is 68.1 cm³/mol. The molecule has 0 aliphatic heterocycles. The Balaban J connectivity index is 3.59. The summed E-state index contributed by atoms with van der Waals surface area (Å²) >= 11 is 0. The van der Waals surface area contributed by atoms with Crippen molar-refractivity contribution in [1.82, 2.24) is 0 Å². The highest BCUT2D eigenvalue weighted by Gasteiger charge is 2.07. The molecule has 0 amide bonds. The highest BCUT2D eigenvalue weighted by atomic mass is 16.4. The Morgan fingerprint density at radius 2 is 1.75 bits per heavy atom. The van der Waals surface area contributed by atoms with E-state index in [0.717, 1.165) is 19.3 Å². The molecule has 16 heavy (non-hydrogen) atoms. The first-order chi connectivity index (χ1) is 7.70. The second-order valence-electron chi connectivity index (χ2n) is 4.65. The van der Waals surface area contributed by atoms with E-state index in [1.165, 1.54) is 32.1 Å². The molecule has 0 bridgehead atoms. The van der Waals surface area contributed by atoms with Gasteiger partial charge in [0.05, 0.1) is 6.10 Å². The Morgan fingerprint density at radius 1 is 1.06 bits per heavy atom. The summed E-state index contributed by atoms with van der Waals surface area (Å²) < 4.78 is 0. The highest BCUT2D eigenvalue weighted by Crippen LogP contribution is 2.16. The molecule has 0 aliphatic rings. The normalized spacial score (nSPS) is 15.4. The van der Waals surface area contributed by atoms with Gasteiger partial charge in [-0.3, -0.25) is 0 Å². The van der Waals surface area contributed by atoms with E-state index in [9.17, 15) is 5.11 Å². The third-order valence-electron chi connectivity index (χ3n) is 2.91. The molecular weight excluding hydrogens is 202 g/mol. The van der Waals surface area contributed by atoms with Crippen LogP contribution in [0.25, 0.3) is 0 Å². The van der Waals surface area contributed by atoms with Crippen molar-refractivity contribution < 1.29 is 10.3 Å². The highest BCUT2D eigenvalue weighted by molar-refractivity contribution is 5.59. The van der Waals surface area contributed by atoms with Crippen LogP contribution in [0.2, 0.25) is 0 Å². The summed E-state index contributed by atoms with van der Waals surface area (Å²) in [6, 6.07) is 0. The van der Waals surface area contributed by atoms with Crippen molar-refractivity contribution in [3.05, 3.63) is 0 Å². The fourth-order valence-corrected chi connectivity index (χ4v) is 1.85. The maximum Gasteiger partial charge on any atom is 0.0512 e. The third kappa shape index (κ3) is 9.97. The Bertz CT molecular complexity index is 169. The van der Waals surface area contributed by atoms with Crippen molar-refractivity contribution in [2.24, 2.45) is 11.1 Å². The van der Waals surface area contributed by atoms with Gasteiger partial charge in [-0.1, -0.05) is 39.0 Å². The molecule has 0 rings (SSSR count). The molecule has 0 aromatic heterocycles. The van der Waals surface area contributed by atoms with Gasteiger partial charge >= 0.3 is 0 Å². The van der Waals surface area contributed by atoms with E-state index in [4.69, 9.17) is 5.21 Å². The molecule has 0 aromatic carbocycles. The van der Waals surface area contributed by atoms with Crippen LogP contribution in [0.1, 0.15) is 65.2 Å². The van der Waals surface area contributed by atoms with Crippen LogP contribution in [0.4, 0.5) is 0 Å². The largest absolute Gasteiger partial charge is 0.411 e. The van der Waals surface area contributed by atoms with Crippen molar-refractivity contribution in [1.29, 1.82) is 0 Å². The maximum atomic E-state index is 9.20. The van der Waals surface area contributed by atoms with E-state index in [1.807, 2.05) is 0 Å². The number of unbranched alkanes of at least 4 members (excludes halogenated alkanes) is 4. The summed E-state index contributed by atoms with van der Waals surface area (Å²) in [6.45, 7) is 4.01. The van der Waals surface area contributed by atoms with Gasteiger partial charge in [0.2, 0.25) is 0 Å². The summed E-state index contributed by atoms with van der Waals surface area (Å²) in [5.74, 6) is 0.321. The SMILES string of the molecule is CCCCCCCC(C=NO)CCC(C)O. The molecule has 3 heteroatoms. The Kier molecular flexibility index (Phi) is 10.5. The van der Waals surface area contributed by atoms with Crippen molar-refractivity contribution in [2.45, 2.75) is 71.3 Å². The number of hydrogen-bond donors (Lipinski definition) is 2. The second-order valence-corrected chi connectivity index (χ2v) is 4.65. The molecule has 96 valence electrons. The molecule has 0 aliphatic carbocycles. The Hall–Kier alpha value is -0.570. The quantitative estimate of drug-likeness (QED) is 0.260. The van der Waals surface area contributed by atoms with E-state index in [1.54, 1.807) is 13.1 Å². The van der Waals surface area contributed by atoms with E-state index >= 15 is 0 Å². The number of hydrogen-bond acceptors (Lipinski definition) is 3. The van der Waals surface area contributed by atoms with Crippen molar-refractivity contribution in [3.8, 4) is 0 Å². The number of aliphatic hydroxyl groups is 1. The van der Waals surface area contributed by atoms with Crippen LogP contribution in [0.5, 0.6) is 0 Å². The molecule has 0 spiro atoms. The summed E-state index contributed by atoms with van der Waals surface area (Å²) in [5.41, 5.74) is 0. The smallest absolute Gasteiger partial charge is 0.0512 e. The van der Waals surface area contributed by atoms with Crippen LogP contribution < -0.4 is 0 Å². The van der Waals surface area contributed by atoms with Gasteiger partial charge in [0.15, 0.2) is 0 Å². The second kappa shape index (κ2) is 10.9. The molecule has 0 aromatic rings. The first-order valence-corrected chi connectivity index (χ1v) is 6.56. The van der Waals surface area contributed by atoms with E-state index in [-0.39, 0.29) is 6.10 Å². The van der Waals surface area contributed by atoms with Crippen molar-refractivity contribution in [3.63, 3.8) is 0 Å². The average Bonchev–Trinajstić information content (AvgIpc) is 2.25. The lowest BCUT2D eigenvalue weighted by Crippen LogP contribution is -2.08. The lowest BCUT2D eigenvalue weighted by molar-refractivity contribution is 0.176. The van der Waals surface area contributed by atoms with Gasteiger partial charge in [-0.25, -0.2) is 0 Å². The zero-order chi connectivity index (χ0) is 12.2. The molecular formula is C13H27NO2. The first kappa shape index (κ1) is 15.4. The van der Waals surface area contributed by atoms with Crippen LogP contribution >= 0.6 is 0 Å². The lowest BCUT2D eigenvalue weighted by atomic mass is 9.96. The van der Waals surface area contributed by atoms with Crippen molar-refractivity contribution >= 4 is 6.21 Å². The summed E-state index contributed by atoms with van der Waals surface area (Å²) in [6.07, 6.45) is 10.5. The average molecular weight is 229 g/mol. The van der Waals surface area contributed by atoms with Gasteiger partial charge in [0, 0.05) is 6.21 Å². The molecule has 0 heterocycles. The number of nitrogens with zero attached hydrogens (tertiary/aromatic N) is 1.